The first-order chi connectivity index (χ1) is 9.37. The van der Waals surface area contributed by atoms with E-state index in [0.29, 0.717) is 5.01 Å². The number of hydrogen-bond acceptors (Lipinski definition) is 8. The van der Waals surface area contributed by atoms with Crippen LogP contribution in [0.25, 0.3) is 0 Å². The number of nitrogens with zero attached hydrogens (tertiary/aromatic N) is 1. The Balaban J connectivity index is 1.82. The third kappa shape index (κ3) is 2.40. The van der Waals surface area contributed by atoms with Crippen molar-refractivity contribution in [3.63, 3.8) is 0 Å². The quantitative estimate of drug-likeness (QED) is 0.622. The highest BCUT2D eigenvalue weighted by atomic mass is 32.1. The molecule has 4 N–H and O–H groups in total. The molecule has 0 spiro atoms. The highest BCUT2D eigenvalue weighted by Gasteiger charge is 2.52. The Hall–Kier alpha value is -0.870. The van der Waals surface area contributed by atoms with Gasteiger partial charge in [0.25, 0.3) is 5.91 Å². The summed E-state index contributed by atoms with van der Waals surface area (Å²) in [6, 6.07) is 0. The number of phosphoric acid groups is 1. The van der Waals surface area contributed by atoms with Gasteiger partial charge in [-0.1, -0.05) is 0 Å². The van der Waals surface area contributed by atoms with E-state index in [1.807, 2.05) is 0 Å². The van der Waals surface area contributed by atoms with Gasteiger partial charge in [0, 0.05) is 5.38 Å². The molecule has 20 heavy (non-hydrogen) atoms. The fourth-order valence-corrected chi connectivity index (χ4v) is 3.94. The smallest absolute Gasteiger partial charge is 0.387 e. The largest absolute Gasteiger partial charge is 0.472 e. The molecule has 0 bridgehead atoms. The lowest BCUT2D eigenvalue weighted by atomic mass is 10.1. The van der Waals surface area contributed by atoms with Crippen molar-refractivity contribution in [3.05, 3.63) is 16.1 Å². The monoisotopic (exact) mass is 322 g/mol. The summed E-state index contributed by atoms with van der Waals surface area (Å²) in [7, 11) is -4.15. The van der Waals surface area contributed by atoms with Crippen molar-refractivity contribution in [2.24, 2.45) is 5.73 Å². The van der Waals surface area contributed by atoms with Crippen LogP contribution in [0, 0.1) is 0 Å². The normalized spacial score (nSPS) is 40.5. The molecule has 11 heteroatoms. The number of carbonyl (C=O) groups is 1. The Morgan fingerprint density at radius 2 is 2.35 bits per heavy atom. The first-order valence-electron chi connectivity index (χ1n) is 5.62. The van der Waals surface area contributed by atoms with Crippen molar-refractivity contribution in [1.29, 1.82) is 0 Å². The molecule has 1 unspecified atom stereocenters. The second-order valence-corrected chi connectivity index (χ2v) is 6.65. The van der Waals surface area contributed by atoms with Crippen molar-refractivity contribution in [1.82, 2.24) is 4.98 Å². The second kappa shape index (κ2) is 4.85. The van der Waals surface area contributed by atoms with Gasteiger partial charge >= 0.3 is 7.82 Å². The summed E-state index contributed by atoms with van der Waals surface area (Å²) in [4.78, 5) is 24.2. The fourth-order valence-electron chi connectivity index (χ4n) is 2.09. The predicted molar refractivity (Wildman–Crippen MR) is 64.9 cm³/mol. The molecule has 1 aromatic heterocycles. The summed E-state index contributed by atoms with van der Waals surface area (Å²) in [5, 5.41) is 11.9. The van der Waals surface area contributed by atoms with Crippen LogP contribution < -0.4 is 5.73 Å². The highest BCUT2D eigenvalue weighted by Crippen LogP contribution is 2.53. The van der Waals surface area contributed by atoms with Gasteiger partial charge in [-0.3, -0.25) is 13.8 Å². The Kier molecular flexibility index (Phi) is 3.41. The number of phosphoric ester groups is 1. The molecule has 9 nitrogen and oxygen atoms in total. The summed E-state index contributed by atoms with van der Waals surface area (Å²) in [5.74, 6) is -0.683. The first-order valence-corrected chi connectivity index (χ1v) is 7.99. The molecule has 3 rings (SSSR count). The molecule has 0 aromatic carbocycles. The van der Waals surface area contributed by atoms with E-state index in [2.05, 4.69) is 9.51 Å². The minimum Gasteiger partial charge on any atom is -0.387 e. The minimum absolute atomic E-state index is 0.0701. The fraction of sp³-hybridized carbons (Fsp3) is 0.556. The molecule has 2 saturated heterocycles. The van der Waals surface area contributed by atoms with Crippen LogP contribution >= 0.6 is 19.2 Å². The van der Waals surface area contributed by atoms with Gasteiger partial charge in [-0.2, -0.15) is 0 Å². The van der Waals surface area contributed by atoms with E-state index >= 15 is 0 Å². The molecule has 0 radical (unpaired) electrons. The summed E-state index contributed by atoms with van der Waals surface area (Å²) >= 11 is 1.10. The van der Waals surface area contributed by atoms with Gasteiger partial charge in [-0.25, -0.2) is 9.55 Å². The minimum atomic E-state index is -4.15. The molecule has 2 fully saturated rings. The Labute approximate surface area is 116 Å². The first kappa shape index (κ1) is 14.1. The van der Waals surface area contributed by atoms with Gasteiger partial charge in [0.1, 0.15) is 35.1 Å². The van der Waals surface area contributed by atoms with Crippen LogP contribution in [-0.4, -0.2) is 45.8 Å². The lowest BCUT2D eigenvalue weighted by Crippen LogP contribution is -2.38. The van der Waals surface area contributed by atoms with E-state index < -0.39 is 38.1 Å². The molecule has 0 aliphatic carbocycles. The number of rotatable bonds is 2. The third-order valence-electron chi connectivity index (χ3n) is 3.01. The SMILES string of the molecule is NC(=O)c1csc([C@@H]2O[C@H]3COP(=O)(O)O[C@@H]3[C@@H]2O)n1. The van der Waals surface area contributed by atoms with E-state index in [0.717, 1.165) is 11.3 Å². The van der Waals surface area contributed by atoms with Crippen molar-refractivity contribution in [2.45, 2.75) is 24.4 Å². The van der Waals surface area contributed by atoms with Crippen LogP contribution in [0.2, 0.25) is 0 Å². The molecule has 1 amide bonds. The Bertz CT molecular complexity index is 593. The van der Waals surface area contributed by atoms with Gasteiger partial charge in [0.05, 0.1) is 6.61 Å². The van der Waals surface area contributed by atoms with E-state index in [1.54, 1.807) is 0 Å². The highest BCUT2D eigenvalue weighted by molar-refractivity contribution is 7.47. The van der Waals surface area contributed by atoms with Gasteiger partial charge in [0.15, 0.2) is 0 Å². The number of nitrogens with two attached hydrogens (primary N) is 1. The second-order valence-electron chi connectivity index (χ2n) is 4.36. The maximum atomic E-state index is 11.3. The van der Waals surface area contributed by atoms with E-state index in [1.165, 1.54) is 5.38 Å². The molecular weight excluding hydrogens is 311 g/mol. The van der Waals surface area contributed by atoms with E-state index in [4.69, 9.17) is 15.0 Å². The van der Waals surface area contributed by atoms with Crippen molar-refractivity contribution in [3.8, 4) is 0 Å². The number of aromatic nitrogens is 1. The Morgan fingerprint density at radius 3 is 3.00 bits per heavy atom. The van der Waals surface area contributed by atoms with Crippen LogP contribution in [0.5, 0.6) is 0 Å². The molecule has 3 heterocycles. The van der Waals surface area contributed by atoms with Gasteiger partial charge < -0.3 is 20.5 Å². The van der Waals surface area contributed by atoms with Crippen LogP contribution in [0.4, 0.5) is 0 Å². The number of ether oxygens (including phenoxy) is 1. The molecule has 0 saturated carbocycles. The van der Waals surface area contributed by atoms with Gasteiger partial charge in [-0.15, -0.1) is 11.3 Å². The number of primary amides is 1. The molecule has 5 atom stereocenters. The molecule has 2 aliphatic rings. The zero-order valence-corrected chi connectivity index (χ0v) is 11.6. The van der Waals surface area contributed by atoms with Crippen molar-refractivity contribution >= 4 is 25.1 Å². The number of thiazole rings is 1. The average molecular weight is 322 g/mol. The summed E-state index contributed by atoms with van der Waals surface area (Å²) < 4.78 is 26.3. The lowest BCUT2D eigenvalue weighted by Gasteiger charge is -2.28. The van der Waals surface area contributed by atoms with Crippen LogP contribution in [-0.2, 0) is 18.3 Å². The van der Waals surface area contributed by atoms with E-state index in [-0.39, 0.29) is 12.3 Å². The molecule has 110 valence electrons. The molecule has 1 aromatic rings. The maximum Gasteiger partial charge on any atom is 0.472 e. The molecular formula is C9H11N2O7PS. The van der Waals surface area contributed by atoms with Crippen molar-refractivity contribution < 1.29 is 33.1 Å². The Morgan fingerprint density at radius 1 is 1.60 bits per heavy atom. The van der Waals surface area contributed by atoms with Gasteiger partial charge in [-0.05, 0) is 0 Å². The predicted octanol–water partition coefficient (Wildman–Crippen LogP) is -0.441. The van der Waals surface area contributed by atoms with Crippen LogP contribution in [0.15, 0.2) is 5.38 Å². The maximum absolute atomic E-state index is 11.3. The number of carbonyl (C=O) groups excluding carboxylic acids is 1. The van der Waals surface area contributed by atoms with E-state index in [9.17, 15) is 19.4 Å². The zero-order valence-electron chi connectivity index (χ0n) is 9.91. The number of hydrogen-bond donors (Lipinski definition) is 3. The number of aliphatic hydroxyl groups excluding tert-OH is 1. The van der Waals surface area contributed by atoms with Crippen molar-refractivity contribution in [2.75, 3.05) is 6.61 Å². The van der Waals surface area contributed by atoms with Crippen LogP contribution in [0.3, 0.4) is 0 Å². The summed E-state index contributed by atoms with van der Waals surface area (Å²) in [6.07, 6.45) is -3.70. The lowest BCUT2D eigenvalue weighted by molar-refractivity contribution is -0.0546. The standard InChI is InChI=1S/C9H11N2O7PS/c10-8(13)3-2-20-9(11-3)7-5(12)6-4(17-7)1-16-19(14,15)18-6/h2,4-7,12H,1H2,(H2,10,13)(H,14,15)/t4-,5-,6-,7+/m0/s1. The molecule has 2 aliphatic heterocycles. The third-order valence-corrected chi connectivity index (χ3v) is 4.90. The number of aliphatic hydroxyl groups is 1. The topological polar surface area (TPSA) is 141 Å². The average Bonchev–Trinajstić information content (AvgIpc) is 2.95. The number of fused-ring (bicyclic) bond motifs is 1. The zero-order chi connectivity index (χ0) is 14.5. The summed E-state index contributed by atoms with van der Waals surface area (Å²) in [5.41, 5.74) is 5.17. The summed E-state index contributed by atoms with van der Waals surface area (Å²) in [6.45, 7) is -0.167. The number of amides is 1. The van der Waals surface area contributed by atoms with Crippen LogP contribution in [0.1, 0.15) is 21.6 Å². The van der Waals surface area contributed by atoms with Gasteiger partial charge in [0.2, 0.25) is 0 Å².